The summed E-state index contributed by atoms with van der Waals surface area (Å²) in [5, 5.41) is 3.60. The maximum atomic E-state index is 13.9. The molecule has 0 aromatic heterocycles. The smallest absolute Gasteiger partial charge is 0.128 e. The molecule has 1 aliphatic carbocycles. The molecule has 1 saturated carbocycles. The predicted octanol–water partition coefficient (Wildman–Crippen LogP) is 5.21. The summed E-state index contributed by atoms with van der Waals surface area (Å²) < 4.78 is 14.8. The second-order valence-corrected chi connectivity index (χ2v) is 6.78. The van der Waals surface area contributed by atoms with Crippen LogP contribution in [0, 0.1) is 11.7 Å². The van der Waals surface area contributed by atoms with Crippen molar-refractivity contribution in [2.24, 2.45) is 5.92 Å². The Morgan fingerprint density at radius 2 is 2.05 bits per heavy atom. The van der Waals surface area contributed by atoms with Gasteiger partial charge in [-0.2, -0.15) is 0 Å². The van der Waals surface area contributed by atoms with Gasteiger partial charge in [0, 0.05) is 22.1 Å². The third-order valence-corrected chi connectivity index (χ3v) is 4.66. The predicted molar refractivity (Wildman–Crippen MR) is 81.7 cm³/mol. The lowest BCUT2D eigenvalue weighted by molar-refractivity contribution is 0.400. The molecule has 1 aromatic rings. The molecule has 0 aliphatic heterocycles. The third kappa shape index (κ3) is 4.28. The summed E-state index contributed by atoms with van der Waals surface area (Å²) in [5.41, 5.74) is 0.756. The first kappa shape index (κ1) is 15.0. The summed E-state index contributed by atoms with van der Waals surface area (Å²) in [6.45, 7) is 4.39. The normalized spacial score (nSPS) is 25.9. The molecule has 2 rings (SSSR count). The maximum absolute atomic E-state index is 13.9. The molecule has 1 fully saturated rings. The number of hydrogen-bond donors (Lipinski definition) is 1. The minimum absolute atomic E-state index is 0.0657. The Labute approximate surface area is 124 Å². The Kier molecular flexibility index (Phi) is 5.40. The fourth-order valence-corrected chi connectivity index (χ4v) is 3.32. The highest BCUT2D eigenvalue weighted by Crippen LogP contribution is 2.26. The molecular weight excluding hydrogens is 305 g/mol. The van der Waals surface area contributed by atoms with Crippen LogP contribution >= 0.6 is 15.9 Å². The van der Waals surface area contributed by atoms with E-state index in [1.165, 1.54) is 38.2 Å². The molecule has 0 spiro atoms. The molecule has 0 saturated heterocycles. The fourth-order valence-electron chi connectivity index (χ4n) is 2.94. The van der Waals surface area contributed by atoms with Crippen LogP contribution in [0.3, 0.4) is 0 Å². The van der Waals surface area contributed by atoms with Crippen LogP contribution in [0.5, 0.6) is 0 Å². The van der Waals surface area contributed by atoms with Gasteiger partial charge in [0.15, 0.2) is 0 Å². The third-order valence-electron chi connectivity index (χ3n) is 4.17. The van der Waals surface area contributed by atoms with Crippen molar-refractivity contribution >= 4 is 15.9 Å². The Bertz CT molecular complexity index is 421. The molecule has 1 aliphatic rings. The minimum atomic E-state index is -0.120. The van der Waals surface area contributed by atoms with Crippen LogP contribution in [0.1, 0.15) is 57.6 Å². The van der Waals surface area contributed by atoms with E-state index in [1.807, 2.05) is 6.07 Å². The summed E-state index contributed by atoms with van der Waals surface area (Å²) in [5.74, 6) is 0.718. The first-order chi connectivity index (χ1) is 9.06. The quantitative estimate of drug-likeness (QED) is 0.751. The molecular formula is C16H23BrFN. The van der Waals surface area contributed by atoms with E-state index in [0.29, 0.717) is 6.04 Å². The average molecular weight is 328 g/mol. The van der Waals surface area contributed by atoms with Crippen molar-refractivity contribution in [3.05, 3.63) is 34.1 Å². The van der Waals surface area contributed by atoms with Crippen molar-refractivity contribution in [2.45, 2.75) is 58.0 Å². The van der Waals surface area contributed by atoms with Gasteiger partial charge in [-0.3, -0.25) is 0 Å². The van der Waals surface area contributed by atoms with E-state index in [4.69, 9.17) is 0 Å². The van der Waals surface area contributed by atoms with Crippen LogP contribution in [0.25, 0.3) is 0 Å². The monoisotopic (exact) mass is 327 g/mol. The molecule has 3 heteroatoms. The summed E-state index contributed by atoms with van der Waals surface area (Å²) >= 11 is 3.42. The minimum Gasteiger partial charge on any atom is -0.307 e. The summed E-state index contributed by atoms with van der Waals surface area (Å²) in [4.78, 5) is 0. The number of benzene rings is 1. The molecule has 0 bridgehead atoms. The van der Waals surface area contributed by atoms with Gasteiger partial charge in [0.05, 0.1) is 0 Å². The van der Waals surface area contributed by atoms with Crippen molar-refractivity contribution in [3.8, 4) is 0 Å². The van der Waals surface area contributed by atoms with E-state index in [2.05, 4.69) is 35.1 Å². The van der Waals surface area contributed by atoms with Gasteiger partial charge >= 0.3 is 0 Å². The SMILES string of the molecule is CC1CCCC(NC(C)c2cc(Br)ccc2F)CC1. The standard InChI is InChI=1S/C16H23BrFN/c1-11-4-3-5-14(8-6-11)19-12(2)15-10-13(17)7-9-16(15)18/h7,9-12,14,19H,3-6,8H2,1-2H3. The summed E-state index contributed by atoms with van der Waals surface area (Å²) in [6.07, 6.45) is 6.32. The van der Waals surface area contributed by atoms with Crippen LogP contribution in [0.2, 0.25) is 0 Å². The van der Waals surface area contributed by atoms with E-state index in [9.17, 15) is 4.39 Å². The molecule has 0 amide bonds. The van der Waals surface area contributed by atoms with Crippen molar-refractivity contribution in [1.29, 1.82) is 0 Å². The number of nitrogens with one attached hydrogen (secondary N) is 1. The average Bonchev–Trinajstić information content (AvgIpc) is 2.57. The molecule has 1 aromatic carbocycles. The first-order valence-electron chi connectivity index (χ1n) is 7.27. The van der Waals surface area contributed by atoms with Gasteiger partial charge in [0.25, 0.3) is 0 Å². The zero-order chi connectivity index (χ0) is 13.8. The number of halogens is 2. The van der Waals surface area contributed by atoms with E-state index < -0.39 is 0 Å². The van der Waals surface area contributed by atoms with Crippen LogP contribution in [0.4, 0.5) is 4.39 Å². The highest BCUT2D eigenvalue weighted by atomic mass is 79.9. The Hall–Kier alpha value is -0.410. The summed E-state index contributed by atoms with van der Waals surface area (Å²) in [7, 11) is 0. The molecule has 3 atom stereocenters. The second-order valence-electron chi connectivity index (χ2n) is 5.86. The van der Waals surface area contributed by atoms with Gasteiger partial charge in [-0.25, -0.2) is 4.39 Å². The fraction of sp³-hybridized carbons (Fsp3) is 0.625. The van der Waals surface area contributed by atoms with Gasteiger partial charge in [-0.15, -0.1) is 0 Å². The lowest BCUT2D eigenvalue weighted by Gasteiger charge is -2.23. The highest BCUT2D eigenvalue weighted by Gasteiger charge is 2.19. The maximum Gasteiger partial charge on any atom is 0.128 e. The Balaban J connectivity index is 2.00. The molecule has 106 valence electrons. The van der Waals surface area contributed by atoms with Crippen molar-refractivity contribution in [2.75, 3.05) is 0 Å². The first-order valence-corrected chi connectivity index (χ1v) is 8.06. The largest absolute Gasteiger partial charge is 0.307 e. The van der Waals surface area contributed by atoms with E-state index >= 15 is 0 Å². The lowest BCUT2D eigenvalue weighted by Crippen LogP contribution is -2.31. The van der Waals surface area contributed by atoms with Gasteiger partial charge < -0.3 is 5.32 Å². The molecule has 3 unspecified atom stereocenters. The van der Waals surface area contributed by atoms with Crippen molar-refractivity contribution in [1.82, 2.24) is 5.32 Å². The van der Waals surface area contributed by atoms with E-state index in [1.54, 1.807) is 6.07 Å². The molecule has 0 heterocycles. The van der Waals surface area contributed by atoms with Gasteiger partial charge in [0.1, 0.15) is 5.82 Å². The summed E-state index contributed by atoms with van der Waals surface area (Å²) in [6, 6.07) is 5.76. The number of rotatable bonds is 3. The van der Waals surface area contributed by atoms with Crippen LogP contribution in [-0.4, -0.2) is 6.04 Å². The van der Waals surface area contributed by atoms with Crippen molar-refractivity contribution < 1.29 is 4.39 Å². The Morgan fingerprint density at radius 1 is 1.26 bits per heavy atom. The zero-order valence-electron chi connectivity index (χ0n) is 11.8. The van der Waals surface area contributed by atoms with Crippen LogP contribution < -0.4 is 5.32 Å². The topological polar surface area (TPSA) is 12.0 Å². The molecule has 19 heavy (non-hydrogen) atoms. The zero-order valence-corrected chi connectivity index (χ0v) is 13.3. The van der Waals surface area contributed by atoms with Crippen LogP contribution in [0.15, 0.2) is 22.7 Å². The second kappa shape index (κ2) is 6.85. The van der Waals surface area contributed by atoms with Gasteiger partial charge in [-0.1, -0.05) is 35.7 Å². The molecule has 0 radical (unpaired) electrons. The van der Waals surface area contributed by atoms with E-state index in [-0.39, 0.29) is 11.9 Å². The van der Waals surface area contributed by atoms with Gasteiger partial charge in [-0.05, 0) is 50.3 Å². The van der Waals surface area contributed by atoms with Crippen LogP contribution in [-0.2, 0) is 0 Å². The highest BCUT2D eigenvalue weighted by molar-refractivity contribution is 9.10. The molecule has 1 nitrogen and oxygen atoms in total. The van der Waals surface area contributed by atoms with E-state index in [0.717, 1.165) is 16.0 Å². The van der Waals surface area contributed by atoms with Gasteiger partial charge in [0.2, 0.25) is 0 Å². The Morgan fingerprint density at radius 3 is 2.84 bits per heavy atom. The number of hydrogen-bond acceptors (Lipinski definition) is 1. The lowest BCUT2D eigenvalue weighted by atomic mass is 10.0. The van der Waals surface area contributed by atoms with Crippen molar-refractivity contribution in [3.63, 3.8) is 0 Å². The molecule has 1 N–H and O–H groups in total.